The number of ether oxygens (including phenoxy) is 2. The number of aliphatic hydroxyl groups excluding tert-OH is 1. The molecule has 0 bridgehead atoms. The Kier molecular flexibility index (Phi) is 7.20. The number of rotatable bonds is 10. The predicted octanol–water partition coefficient (Wildman–Crippen LogP) is 4.91. The molecule has 0 aliphatic carbocycles. The molecule has 0 saturated carbocycles. The van der Waals surface area contributed by atoms with E-state index < -0.39 is 6.41 Å². The molecule has 8 heteroatoms. The third-order valence-electron chi connectivity index (χ3n) is 6.36. The lowest BCUT2D eigenvalue weighted by Crippen LogP contribution is -2.44. The van der Waals surface area contributed by atoms with Gasteiger partial charge in [-0.3, -0.25) is 0 Å². The number of H-pyrrole nitrogens is 1. The van der Waals surface area contributed by atoms with E-state index in [0.29, 0.717) is 18.2 Å². The molecule has 2 atom stereocenters. The van der Waals surface area contributed by atoms with Crippen LogP contribution in [0, 0.1) is 0 Å². The quantitative estimate of drug-likeness (QED) is 0.187. The third kappa shape index (κ3) is 5.13. The van der Waals surface area contributed by atoms with Gasteiger partial charge >= 0.3 is 0 Å². The van der Waals surface area contributed by atoms with Gasteiger partial charge in [-0.05, 0) is 54.3 Å². The molecule has 2 N–H and O–H groups in total. The van der Waals surface area contributed by atoms with Crippen LogP contribution in [0.5, 0.6) is 5.75 Å². The van der Waals surface area contributed by atoms with Gasteiger partial charge < -0.3 is 24.1 Å². The molecule has 7 nitrogen and oxygen atoms in total. The average molecular weight is 493 g/mol. The third-order valence-corrected chi connectivity index (χ3v) is 6.59. The van der Waals surface area contributed by atoms with Crippen LogP contribution in [0.25, 0.3) is 10.9 Å². The molecule has 0 radical (unpaired) electrons. The number of halogens is 1. The van der Waals surface area contributed by atoms with Crippen LogP contribution >= 0.6 is 11.6 Å². The number of aromatic nitrogens is 3. The lowest BCUT2D eigenvalue weighted by atomic mass is 9.92. The van der Waals surface area contributed by atoms with Gasteiger partial charge in [0.25, 0.3) is 0 Å². The summed E-state index contributed by atoms with van der Waals surface area (Å²) in [6.07, 6.45) is 7.79. The molecule has 1 aliphatic rings. The van der Waals surface area contributed by atoms with E-state index in [1.807, 2.05) is 52.3 Å². The minimum absolute atomic E-state index is 0.208. The molecule has 0 saturated heterocycles. The number of aliphatic hydroxyl groups is 1. The van der Waals surface area contributed by atoms with E-state index in [4.69, 9.17) is 21.1 Å². The number of aryl methyl sites for hydroxylation is 1. The van der Waals surface area contributed by atoms with Crippen LogP contribution < -0.4 is 4.74 Å². The molecule has 182 valence electrons. The van der Waals surface area contributed by atoms with Crippen LogP contribution in [0.15, 0.2) is 73.8 Å². The molecule has 35 heavy (non-hydrogen) atoms. The number of nitrogens with one attached hydrogen (secondary N) is 1. The van der Waals surface area contributed by atoms with Crippen LogP contribution in [0.1, 0.15) is 29.3 Å². The smallest absolute Gasteiger partial charge is 0.217 e. The van der Waals surface area contributed by atoms with E-state index in [1.165, 1.54) is 5.56 Å². The first kappa shape index (κ1) is 23.6. The maximum Gasteiger partial charge on any atom is 0.217 e. The molecule has 0 spiro atoms. The van der Waals surface area contributed by atoms with Gasteiger partial charge in [-0.25, -0.2) is 9.88 Å². The summed E-state index contributed by atoms with van der Waals surface area (Å²) in [5, 5.41) is 12.7. The average Bonchev–Trinajstić information content (AvgIpc) is 3.52. The second-order valence-corrected chi connectivity index (χ2v) is 9.05. The number of aromatic amines is 1. The summed E-state index contributed by atoms with van der Waals surface area (Å²) in [6, 6.07) is 13.8. The number of hydrogen-bond acceptors (Lipinski definition) is 5. The van der Waals surface area contributed by atoms with Gasteiger partial charge in [0, 0.05) is 47.1 Å². The fraction of sp³-hybridized carbons (Fsp3) is 0.296. The maximum atomic E-state index is 10.8. The summed E-state index contributed by atoms with van der Waals surface area (Å²) in [6.45, 7) is 6.09. The molecule has 2 aromatic carbocycles. The minimum atomic E-state index is -1.06. The van der Waals surface area contributed by atoms with E-state index in [1.54, 1.807) is 12.3 Å². The molecular weight excluding hydrogens is 464 g/mol. The Morgan fingerprint density at radius 1 is 1.26 bits per heavy atom. The molecule has 2 aromatic heterocycles. The van der Waals surface area contributed by atoms with E-state index in [2.05, 4.69) is 28.7 Å². The Labute approximate surface area is 209 Å². The zero-order valence-electron chi connectivity index (χ0n) is 19.4. The molecule has 2 unspecified atom stereocenters. The van der Waals surface area contributed by atoms with E-state index in [0.717, 1.165) is 47.3 Å². The summed E-state index contributed by atoms with van der Waals surface area (Å²) in [5.74, 6) is 0.814. The molecule has 0 amide bonds. The summed E-state index contributed by atoms with van der Waals surface area (Å²) < 4.78 is 13.6. The molecule has 0 fully saturated rings. The van der Waals surface area contributed by atoms with Gasteiger partial charge in [0.1, 0.15) is 5.75 Å². The van der Waals surface area contributed by atoms with E-state index in [9.17, 15) is 5.11 Å². The molecular formula is C27H29ClN4O3. The summed E-state index contributed by atoms with van der Waals surface area (Å²) in [4.78, 5) is 9.60. The first-order valence-corrected chi connectivity index (χ1v) is 12.2. The van der Waals surface area contributed by atoms with Crippen molar-refractivity contribution in [2.45, 2.75) is 31.8 Å². The second kappa shape index (κ2) is 10.7. The minimum Gasteiger partial charge on any atom is -0.494 e. The standard InChI is InChI=1S/C27H29ClN4O3/c1-2-15-35-27(33)32-13-10-22-23-17-20(28)6-9-24(23)30-25(22)26(32)19-4-7-21(8-5-19)34-16-3-12-31-14-11-29-18-31/h2,4-9,11,14,17-18,26-27,30,33H,1,3,10,12-13,15-16H2. The molecule has 3 heterocycles. The van der Waals surface area contributed by atoms with Gasteiger partial charge in [0.05, 0.1) is 25.6 Å². The zero-order valence-corrected chi connectivity index (χ0v) is 20.2. The van der Waals surface area contributed by atoms with Crippen molar-refractivity contribution in [1.29, 1.82) is 0 Å². The highest BCUT2D eigenvalue weighted by Crippen LogP contribution is 2.40. The first-order valence-electron chi connectivity index (χ1n) is 11.8. The lowest BCUT2D eigenvalue weighted by molar-refractivity contribution is -0.198. The number of nitrogens with zero attached hydrogens (tertiary/aromatic N) is 3. The topological polar surface area (TPSA) is 75.5 Å². The Hall–Kier alpha value is -3.10. The van der Waals surface area contributed by atoms with Crippen molar-refractivity contribution in [3.8, 4) is 5.75 Å². The van der Waals surface area contributed by atoms with Crippen molar-refractivity contribution in [1.82, 2.24) is 19.4 Å². The molecule has 5 rings (SSSR count). The first-order chi connectivity index (χ1) is 17.1. The Bertz CT molecular complexity index is 1270. The number of hydrogen-bond donors (Lipinski definition) is 2. The summed E-state index contributed by atoms with van der Waals surface area (Å²) in [5.41, 5.74) is 4.34. The SMILES string of the molecule is C=CCOC(O)N1CCc2c([nH]c3ccc(Cl)cc23)C1c1ccc(OCCCn2ccnc2)cc1. The van der Waals surface area contributed by atoms with Gasteiger partial charge in [0.2, 0.25) is 6.41 Å². The van der Waals surface area contributed by atoms with Crippen LogP contribution in [0.2, 0.25) is 5.02 Å². The van der Waals surface area contributed by atoms with Crippen molar-refractivity contribution in [2.24, 2.45) is 0 Å². The maximum absolute atomic E-state index is 10.8. The van der Waals surface area contributed by atoms with Gasteiger partial charge in [-0.15, -0.1) is 6.58 Å². The van der Waals surface area contributed by atoms with Crippen LogP contribution in [-0.4, -0.2) is 50.7 Å². The lowest BCUT2D eigenvalue weighted by Gasteiger charge is -2.38. The highest BCUT2D eigenvalue weighted by molar-refractivity contribution is 6.31. The number of fused-ring (bicyclic) bond motifs is 3. The van der Waals surface area contributed by atoms with E-state index in [-0.39, 0.29) is 12.6 Å². The van der Waals surface area contributed by atoms with Crippen molar-refractivity contribution >= 4 is 22.5 Å². The zero-order chi connectivity index (χ0) is 24.2. The number of imidazole rings is 1. The van der Waals surface area contributed by atoms with E-state index >= 15 is 0 Å². The normalized spacial score (nSPS) is 16.8. The fourth-order valence-electron chi connectivity index (χ4n) is 4.73. The Balaban J connectivity index is 1.38. The summed E-state index contributed by atoms with van der Waals surface area (Å²) >= 11 is 6.29. The van der Waals surface area contributed by atoms with Crippen LogP contribution in [0.3, 0.4) is 0 Å². The van der Waals surface area contributed by atoms with Crippen LogP contribution in [-0.2, 0) is 17.7 Å². The van der Waals surface area contributed by atoms with Crippen molar-refractivity contribution in [3.63, 3.8) is 0 Å². The van der Waals surface area contributed by atoms with Crippen LogP contribution in [0.4, 0.5) is 0 Å². The highest BCUT2D eigenvalue weighted by atomic mass is 35.5. The monoisotopic (exact) mass is 492 g/mol. The van der Waals surface area contributed by atoms with Crippen molar-refractivity contribution in [3.05, 3.63) is 95.7 Å². The predicted molar refractivity (Wildman–Crippen MR) is 136 cm³/mol. The van der Waals surface area contributed by atoms with Gasteiger partial charge in [-0.2, -0.15) is 0 Å². The summed E-state index contributed by atoms with van der Waals surface area (Å²) in [7, 11) is 0. The van der Waals surface area contributed by atoms with Crippen molar-refractivity contribution in [2.75, 3.05) is 19.8 Å². The largest absolute Gasteiger partial charge is 0.494 e. The van der Waals surface area contributed by atoms with Gasteiger partial charge in [0.15, 0.2) is 0 Å². The Morgan fingerprint density at radius 2 is 2.11 bits per heavy atom. The molecule has 1 aliphatic heterocycles. The second-order valence-electron chi connectivity index (χ2n) is 8.62. The van der Waals surface area contributed by atoms with Crippen molar-refractivity contribution < 1.29 is 14.6 Å². The fourth-order valence-corrected chi connectivity index (χ4v) is 4.90. The van der Waals surface area contributed by atoms with Gasteiger partial charge in [-0.1, -0.05) is 29.8 Å². The number of benzene rings is 2. The Morgan fingerprint density at radius 3 is 2.89 bits per heavy atom. The highest BCUT2D eigenvalue weighted by Gasteiger charge is 2.35. The molecule has 4 aromatic rings.